The molecule has 0 fully saturated rings. The van der Waals surface area contributed by atoms with Gasteiger partial charge in [-0.1, -0.05) is 0 Å². The van der Waals surface area contributed by atoms with Crippen molar-refractivity contribution in [1.82, 2.24) is 4.98 Å². The van der Waals surface area contributed by atoms with Gasteiger partial charge in [0, 0.05) is 12.1 Å². The highest BCUT2D eigenvalue weighted by Crippen LogP contribution is 2.28. The van der Waals surface area contributed by atoms with Crippen molar-refractivity contribution in [3.05, 3.63) is 36.4 Å². The minimum Gasteiger partial charge on any atom is -0.466 e. The predicted molar refractivity (Wildman–Crippen MR) is 93.6 cm³/mol. The fraction of sp³-hybridized carbons (Fsp3) is 0.294. The summed E-state index contributed by atoms with van der Waals surface area (Å²) in [5.41, 5.74) is 7.17. The van der Waals surface area contributed by atoms with E-state index in [9.17, 15) is 18.0 Å². The lowest BCUT2D eigenvalue weighted by Crippen LogP contribution is -2.34. The Morgan fingerprint density at radius 1 is 1.19 bits per heavy atom. The van der Waals surface area contributed by atoms with Crippen LogP contribution in [0.3, 0.4) is 0 Å². The lowest BCUT2D eigenvalue weighted by molar-refractivity contribution is -0.274. The average molecular weight is 384 g/mol. The summed E-state index contributed by atoms with van der Waals surface area (Å²) < 4.78 is 45.4. The van der Waals surface area contributed by atoms with Gasteiger partial charge in [-0.3, -0.25) is 9.80 Å². The molecule has 10 heteroatoms. The fourth-order valence-electron chi connectivity index (χ4n) is 2.23. The van der Waals surface area contributed by atoms with E-state index in [-0.39, 0.29) is 31.1 Å². The van der Waals surface area contributed by atoms with E-state index in [0.717, 1.165) is 0 Å². The first-order valence-electron chi connectivity index (χ1n) is 8.00. The van der Waals surface area contributed by atoms with E-state index in [2.05, 4.69) is 9.72 Å². The number of nitrogens with two attached hydrogens (primary N) is 2. The van der Waals surface area contributed by atoms with Gasteiger partial charge in [0.25, 0.3) is 0 Å². The SMILES string of the molecule is CCOC(=O)CCN(N)c1nc(-c2ccc(OC(F)(F)F)cc2)ccc1N. The third-order valence-corrected chi connectivity index (χ3v) is 3.42. The number of hydrazine groups is 1. The van der Waals surface area contributed by atoms with Gasteiger partial charge in [0.2, 0.25) is 0 Å². The number of aromatic nitrogens is 1. The Morgan fingerprint density at radius 2 is 1.85 bits per heavy atom. The van der Waals surface area contributed by atoms with E-state index in [0.29, 0.717) is 16.9 Å². The van der Waals surface area contributed by atoms with Crippen LogP contribution in [0.4, 0.5) is 24.7 Å². The first-order chi connectivity index (χ1) is 12.7. The Morgan fingerprint density at radius 3 is 2.44 bits per heavy atom. The molecule has 0 radical (unpaired) electrons. The molecule has 0 aliphatic heterocycles. The maximum atomic E-state index is 12.2. The van der Waals surface area contributed by atoms with Gasteiger partial charge in [-0.2, -0.15) is 0 Å². The highest BCUT2D eigenvalue weighted by atomic mass is 19.4. The molecule has 0 atom stereocenters. The second kappa shape index (κ2) is 8.58. The third kappa shape index (κ3) is 6.03. The number of alkyl halides is 3. The van der Waals surface area contributed by atoms with Gasteiger partial charge in [0.1, 0.15) is 5.75 Å². The van der Waals surface area contributed by atoms with Crippen LogP contribution in [0, 0.1) is 0 Å². The largest absolute Gasteiger partial charge is 0.573 e. The highest BCUT2D eigenvalue weighted by molar-refractivity contribution is 5.72. The molecule has 0 amide bonds. The first-order valence-corrected chi connectivity index (χ1v) is 8.00. The smallest absolute Gasteiger partial charge is 0.466 e. The topological polar surface area (TPSA) is 104 Å². The maximum absolute atomic E-state index is 12.2. The number of ether oxygens (including phenoxy) is 2. The van der Waals surface area contributed by atoms with E-state index in [1.165, 1.54) is 29.3 Å². The molecule has 27 heavy (non-hydrogen) atoms. The van der Waals surface area contributed by atoms with E-state index >= 15 is 0 Å². The summed E-state index contributed by atoms with van der Waals surface area (Å²) in [6.07, 6.45) is -4.70. The Bertz CT molecular complexity index is 782. The monoisotopic (exact) mass is 384 g/mol. The molecule has 1 aromatic carbocycles. The number of esters is 1. The summed E-state index contributed by atoms with van der Waals surface area (Å²) in [7, 11) is 0. The summed E-state index contributed by atoms with van der Waals surface area (Å²) in [6, 6.07) is 8.41. The number of benzene rings is 1. The lowest BCUT2D eigenvalue weighted by Gasteiger charge is -2.19. The van der Waals surface area contributed by atoms with Crippen LogP contribution >= 0.6 is 0 Å². The normalized spacial score (nSPS) is 11.1. The number of halogens is 3. The molecule has 7 nitrogen and oxygen atoms in total. The van der Waals surface area contributed by atoms with E-state index in [1.54, 1.807) is 19.1 Å². The predicted octanol–water partition coefficient (Wildman–Crippen LogP) is 2.86. The van der Waals surface area contributed by atoms with Crippen molar-refractivity contribution in [3.63, 3.8) is 0 Å². The molecule has 0 spiro atoms. The molecular weight excluding hydrogens is 365 g/mol. The minimum atomic E-state index is -4.76. The number of hydrogen-bond acceptors (Lipinski definition) is 7. The number of carbonyl (C=O) groups excluding carboxylic acids is 1. The van der Waals surface area contributed by atoms with Crippen LogP contribution in [0.2, 0.25) is 0 Å². The number of anilines is 2. The number of carbonyl (C=O) groups is 1. The van der Waals surface area contributed by atoms with Crippen molar-refractivity contribution >= 4 is 17.5 Å². The molecule has 2 aromatic rings. The van der Waals surface area contributed by atoms with Crippen LogP contribution in [-0.4, -0.2) is 30.5 Å². The van der Waals surface area contributed by atoms with Crippen molar-refractivity contribution in [3.8, 4) is 17.0 Å². The van der Waals surface area contributed by atoms with Gasteiger partial charge in [-0.25, -0.2) is 10.8 Å². The molecule has 146 valence electrons. The van der Waals surface area contributed by atoms with E-state index in [4.69, 9.17) is 16.3 Å². The quantitative estimate of drug-likeness (QED) is 0.430. The Kier molecular flexibility index (Phi) is 6.45. The van der Waals surface area contributed by atoms with Crippen LogP contribution < -0.4 is 21.3 Å². The lowest BCUT2D eigenvalue weighted by atomic mass is 10.1. The van der Waals surface area contributed by atoms with Gasteiger partial charge in [-0.15, -0.1) is 13.2 Å². The summed E-state index contributed by atoms with van der Waals surface area (Å²) in [5, 5.41) is 1.22. The van der Waals surface area contributed by atoms with Crippen molar-refractivity contribution < 1.29 is 27.4 Å². The molecule has 0 saturated heterocycles. The standard InChI is InChI=1S/C17H19F3N4O3/c1-2-26-15(25)9-10-24(22)16-13(21)7-8-14(23-16)11-3-5-12(6-4-11)27-17(18,19)20/h3-8H,2,9-10,21-22H2,1H3. The molecule has 0 saturated carbocycles. The zero-order chi connectivity index (χ0) is 20.0. The zero-order valence-corrected chi connectivity index (χ0v) is 14.5. The van der Waals surface area contributed by atoms with Crippen LogP contribution in [-0.2, 0) is 9.53 Å². The summed E-state index contributed by atoms with van der Waals surface area (Å²) in [6.45, 7) is 2.11. The van der Waals surface area contributed by atoms with Gasteiger partial charge in [0.05, 0.1) is 24.4 Å². The van der Waals surface area contributed by atoms with E-state index in [1.807, 2.05) is 0 Å². The average Bonchev–Trinajstić information content (AvgIpc) is 2.60. The summed E-state index contributed by atoms with van der Waals surface area (Å²) >= 11 is 0. The molecule has 0 unspecified atom stereocenters. The number of pyridine rings is 1. The van der Waals surface area contributed by atoms with Crippen LogP contribution in [0.25, 0.3) is 11.3 Å². The Hall–Kier alpha value is -3.01. The summed E-state index contributed by atoms with van der Waals surface area (Å²) in [4.78, 5) is 15.8. The second-order valence-corrected chi connectivity index (χ2v) is 5.43. The highest BCUT2D eigenvalue weighted by Gasteiger charge is 2.31. The molecular formula is C17H19F3N4O3. The number of nitrogens with zero attached hydrogens (tertiary/aromatic N) is 2. The second-order valence-electron chi connectivity index (χ2n) is 5.43. The number of rotatable bonds is 7. The maximum Gasteiger partial charge on any atom is 0.573 e. The Balaban J connectivity index is 2.15. The van der Waals surface area contributed by atoms with Crippen molar-refractivity contribution in [2.24, 2.45) is 5.84 Å². The Labute approximate surface area is 153 Å². The van der Waals surface area contributed by atoms with Crippen LogP contribution in [0.1, 0.15) is 13.3 Å². The zero-order valence-electron chi connectivity index (χ0n) is 14.5. The van der Waals surface area contributed by atoms with Crippen molar-refractivity contribution in [2.45, 2.75) is 19.7 Å². The van der Waals surface area contributed by atoms with E-state index < -0.39 is 12.3 Å². The molecule has 1 aromatic heterocycles. The third-order valence-electron chi connectivity index (χ3n) is 3.42. The summed E-state index contributed by atoms with van der Waals surface area (Å²) in [5.74, 6) is 5.43. The van der Waals surface area contributed by atoms with Crippen LogP contribution in [0.15, 0.2) is 36.4 Å². The van der Waals surface area contributed by atoms with Gasteiger partial charge in [0.15, 0.2) is 5.82 Å². The van der Waals surface area contributed by atoms with Crippen LogP contribution in [0.5, 0.6) is 5.75 Å². The van der Waals surface area contributed by atoms with Crippen molar-refractivity contribution in [2.75, 3.05) is 23.9 Å². The first kappa shape index (κ1) is 20.3. The molecule has 1 heterocycles. The number of nitrogen functional groups attached to an aromatic ring is 1. The minimum absolute atomic E-state index is 0.0547. The molecule has 0 aliphatic carbocycles. The fourth-order valence-corrected chi connectivity index (χ4v) is 2.23. The molecule has 2 rings (SSSR count). The molecule has 0 aliphatic rings. The van der Waals surface area contributed by atoms with Gasteiger partial charge in [-0.05, 0) is 43.3 Å². The van der Waals surface area contributed by atoms with Gasteiger partial charge < -0.3 is 15.2 Å². The molecule has 4 N–H and O–H groups in total. The van der Waals surface area contributed by atoms with Gasteiger partial charge >= 0.3 is 12.3 Å². The number of hydrogen-bond donors (Lipinski definition) is 2. The van der Waals surface area contributed by atoms with Crippen molar-refractivity contribution in [1.29, 1.82) is 0 Å². The molecule has 0 bridgehead atoms.